The molecule has 3 heteroatoms. The summed E-state index contributed by atoms with van der Waals surface area (Å²) in [5.74, 6) is 0. The molecule has 0 fully saturated rings. The van der Waals surface area contributed by atoms with Gasteiger partial charge in [-0.3, -0.25) is 4.68 Å². The van der Waals surface area contributed by atoms with E-state index in [1.165, 1.54) is 18.5 Å². The predicted molar refractivity (Wildman–Crippen MR) is 77.9 cm³/mol. The van der Waals surface area contributed by atoms with Crippen LogP contribution in [0.5, 0.6) is 0 Å². The zero-order valence-electron chi connectivity index (χ0n) is 12.7. The molecule has 0 aliphatic carbocycles. The highest BCUT2D eigenvalue weighted by atomic mass is 15.3. The van der Waals surface area contributed by atoms with Crippen LogP contribution in [0.4, 0.5) is 0 Å². The Morgan fingerprint density at radius 1 is 1.28 bits per heavy atom. The highest BCUT2D eigenvalue weighted by Gasteiger charge is 2.27. The van der Waals surface area contributed by atoms with Crippen LogP contribution in [0.1, 0.15) is 59.2 Å². The quantitative estimate of drug-likeness (QED) is 0.767. The van der Waals surface area contributed by atoms with Crippen molar-refractivity contribution in [1.82, 2.24) is 15.1 Å². The van der Waals surface area contributed by atoms with Crippen molar-refractivity contribution < 1.29 is 0 Å². The van der Waals surface area contributed by atoms with Gasteiger partial charge in [0.05, 0.1) is 5.69 Å². The molecule has 1 aromatic rings. The third kappa shape index (κ3) is 3.84. The van der Waals surface area contributed by atoms with Crippen LogP contribution in [-0.2, 0) is 6.42 Å². The highest BCUT2D eigenvalue weighted by molar-refractivity contribution is 5.04. The van der Waals surface area contributed by atoms with Crippen LogP contribution in [0, 0.1) is 5.41 Å². The first-order chi connectivity index (χ1) is 8.56. The average molecular weight is 251 g/mol. The van der Waals surface area contributed by atoms with Crippen molar-refractivity contribution >= 4 is 0 Å². The van der Waals surface area contributed by atoms with Crippen LogP contribution < -0.4 is 5.32 Å². The highest BCUT2D eigenvalue weighted by Crippen LogP contribution is 2.29. The molecule has 18 heavy (non-hydrogen) atoms. The second-order valence-corrected chi connectivity index (χ2v) is 5.55. The van der Waals surface area contributed by atoms with Crippen molar-refractivity contribution in [3.05, 3.63) is 18.0 Å². The molecule has 1 heterocycles. The van der Waals surface area contributed by atoms with Crippen molar-refractivity contribution in [3.63, 3.8) is 0 Å². The molecule has 104 valence electrons. The lowest BCUT2D eigenvalue weighted by Gasteiger charge is -2.31. The summed E-state index contributed by atoms with van der Waals surface area (Å²) < 4.78 is 2.05. The summed E-state index contributed by atoms with van der Waals surface area (Å²) in [7, 11) is 0. The molecule has 1 rings (SSSR count). The second-order valence-electron chi connectivity index (χ2n) is 5.55. The molecule has 0 saturated carbocycles. The molecular weight excluding hydrogens is 222 g/mol. The third-order valence-electron chi connectivity index (χ3n) is 4.00. The Bertz CT molecular complexity index is 337. The van der Waals surface area contributed by atoms with Gasteiger partial charge in [0.25, 0.3) is 0 Å². The van der Waals surface area contributed by atoms with Gasteiger partial charge in [-0.05, 0) is 51.1 Å². The van der Waals surface area contributed by atoms with Gasteiger partial charge in [-0.1, -0.05) is 20.8 Å². The first-order valence-electron chi connectivity index (χ1n) is 7.31. The zero-order valence-corrected chi connectivity index (χ0v) is 12.7. The first-order valence-corrected chi connectivity index (χ1v) is 7.31. The summed E-state index contributed by atoms with van der Waals surface area (Å²) in [6, 6.07) is 2.62. The molecule has 0 radical (unpaired) electrons. The van der Waals surface area contributed by atoms with Gasteiger partial charge in [-0.2, -0.15) is 5.10 Å². The molecule has 0 spiro atoms. The number of nitrogens with zero attached hydrogens (tertiary/aromatic N) is 2. The molecule has 0 saturated heterocycles. The molecule has 0 aromatic carbocycles. The number of nitrogens with one attached hydrogen (secondary N) is 1. The fourth-order valence-corrected chi connectivity index (χ4v) is 2.35. The Labute approximate surface area is 112 Å². The minimum atomic E-state index is 0.353. The van der Waals surface area contributed by atoms with E-state index in [1.807, 2.05) is 0 Å². The molecule has 0 amide bonds. The fourth-order valence-electron chi connectivity index (χ4n) is 2.35. The maximum Gasteiger partial charge on any atom is 0.0630 e. The van der Waals surface area contributed by atoms with Gasteiger partial charge in [0.15, 0.2) is 0 Å². The van der Waals surface area contributed by atoms with Crippen molar-refractivity contribution in [2.24, 2.45) is 5.41 Å². The first kappa shape index (κ1) is 15.2. The Hall–Kier alpha value is -0.830. The van der Waals surface area contributed by atoms with Gasteiger partial charge < -0.3 is 5.32 Å². The molecular formula is C15H29N3. The van der Waals surface area contributed by atoms with E-state index in [0.717, 1.165) is 19.5 Å². The number of aromatic nitrogens is 2. The van der Waals surface area contributed by atoms with E-state index < -0.39 is 0 Å². The standard InChI is InChI=1S/C15H29N3/c1-6-15(7-2,12-16-8-3)11-14-9-10-18(17-14)13(4)5/h9-10,13,16H,6-8,11-12H2,1-5H3. The van der Waals surface area contributed by atoms with Crippen LogP contribution in [0.15, 0.2) is 12.3 Å². The van der Waals surface area contributed by atoms with Crippen LogP contribution in [0.2, 0.25) is 0 Å². The van der Waals surface area contributed by atoms with Crippen LogP contribution in [0.3, 0.4) is 0 Å². The second kappa shape index (κ2) is 6.93. The van der Waals surface area contributed by atoms with Crippen molar-refractivity contribution in [3.8, 4) is 0 Å². The van der Waals surface area contributed by atoms with E-state index in [-0.39, 0.29) is 0 Å². The predicted octanol–water partition coefficient (Wildman–Crippen LogP) is 3.42. The van der Waals surface area contributed by atoms with Crippen molar-refractivity contribution in [2.45, 2.75) is 59.9 Å². The van der Waals surface area contributed by atoms with Crippen molar-refractivity contribution in [1.29, 1.82) is 0 Å². The minimum absolute atomic E-state index is 0.353. The Balaban J connectivity index is 2.75. The molecule has 1 N–H and O–H groups in total. The van der Waals surface area contributed by atoms with Crippen LogP contribution >= 0.6 is 0 Å². The molecule has 0 bridgehead atoms. The summed E-state index contributed by atoms with van der Waals surface area (Å²) >= 11 is 0. The molecule has 0 unspecified atom stereocenters. The molecule has 0 atom stereocenters. The van der Waals surface area contributed by atoms with Crippen molar-refractivity contribution in [2.75, 3.05) is 13.1 Å². The van der Waals surface area contributed by atoms with Gasteiger partial charge >= 0.3 is 0 Å². The smallest absolute Gasteiger partial charge is 0.0630 e. The molecule has 1 aromatic heterocycles. The molecule has 0 aliphatic heterocycles. The minimum Gasteiger partial charge on any atom is -0.316 e. The maximum absolute atomic E-state index is 4.69. The molecule has 0 aliphatic rings. The van der Waals surface area contributed by atoms with E-state index in [1.54, 1.807) is 0 Å². The lowest BCUT2D eigenvalue weighted by Crippen LogP contribution is -2.35. The topological polar surface area (TPSA) is 29.9 Å². The monoisotopic (exact) mass is 251 g/mol. The van der Waals surface area contributed by atoms with Gasteiger partial charge in [-0.15, -0.1) is 0 Å². The summed E-state index contributed by atoms with van der Waals surface area (Å²) in [6.07, 6.45) is 5.58. The summed E-state index contributed by atoms with van der Waals surface area (Å²) in [5.41, 5.74) is 1.58. The Kier molecular flexibility index (Phi) is 5.86. The Morgan fingerprint density at radius 2 is 1.94 bits per heavy atom. The number of hydrogen-bond acceptors (Lipinski definition) is 2. The number of hydrogen-bond donors (Lipinski definition) is 1. The number of rotatable bonds is 8. The van der Waals surface area contributed by atoms with Gasteiger partial charge in [-0.25, -0.2) is 0 Å². The lowest BCUT2D eigenvalue weighted by atomic mass is 9.78. The lowest BCUT2D eigenvalue weighted by molar-refractivity contribution is 0.245. The van der Waals surface area contributed by atoms with Gasteiger partial charge in [0, 0.05) is 18.8 Å². The van der Waals surface area contributed by atoms with E-state index in [9.17, 15) is 0 Å². The van der Waals surface area contributed by atoms with Crippen LogP contribution in [0.25, 0.3) is 0 Å². The summed E-state index contributed by atoms with van der Waals surface area (Å²) in [5, 5.41) is 8.19. The molecule has 3 nitrogen and oxygen atoms in total. The van der Waals surface area contributed by atoms with E-state index in [2.05, 4.69) is 62.0 Å². The normalized spacial score (nSPS) is 12.3. The summed E-state index contributed by atoms with van der Waals surface area (Å²) in [4.78, 5) is 0. The van der Waals surface area contributed by atoms with E-state index >= 15 is 0 Å². The Morgan fingerprint density at radius 3 is 2.39 bits per heavy atom. The van der Waals surface area contributed by atoms with Gasteiger partial charge in [0.1, 0.15) is 0 Å². The third-order valence-corrected chi connectivity index (χ3v) is 4.00. The fraction of sp³-hybridized carbons (Fsp3) is 0.800. The van der Waals surface area contributed by atoms with Crippen LogP contribution in [-0.4, -0.2) is 22.9 Å². The summed E-state index contributed by atoms with van der Waals surface area (Å²) in [6.45, 7) is 13.2. The maximum atomic E-state index is 4.69. The largest absolute Gasteiger partial charge is 0.316 e. The van der Waals surface area contributed by atoms with E-state index in [4.69, 9.17) is 0 Å². The SMILES string of the molecule is CCNCC(CC)(CC)Cc1ccn(C(C)C)n1. The zero-order chi connectivity index (χ0) is 13.6. The van der Waals surface area contributed by atoms with Gasteiger partial charge in [0.2, 0.25) is 0 Å². The van der Waals surface area contributed by atoms with E-state index in [0.29, 0.717) is 11.5 Å². The average Bonchev–Trinajstić information content (AvgIpc) is 2.83.